The van der Waals surface area contributed by atoms with E-state index in [1.165, 1.54) is 72.3 Å². The number of furan rings is 1. The van der Waals surface area contributed by atoms with Gasteiger partial charge in [0.05, 0.1) is 0 Å². The Morgan fingerprint density at radius 1 is 0.373 bits per heavy atom. The van der Waals surface area contributed by atoms with Crippen molar-refractivity contribution in [3.8, 4) is 44.5 Å². The first-order chi connectivity index (χ1) is 25.3. The van der Waals surface area contributed by atoms with Crippen molar-refractivity contribution >= 4 is 62.1 Å². The Bertz CT molecular complexity index is 2820. The lowest BCUT2D eigenvalue weighted by molar-refractivity contribution is 0.669. The van der Waals surface area contributed by atoms with Gasteiger partial charge >= 0.3 is 0 Å². The smallest absolute Gasteiger partial charge is 0.248 e. The summed E-state index contributed by atoms with van der Waals surface area (Å²) in [6.45, 7) is 0.147. The molecular formula is C48H30BNO. The van der Waals surface area contributed by atoms with E-state index in [0.717, 1.165) is 27.6 Å². The first kappa shape index (κ1) is 28.3. The quantitative estimate of drug-likeness (QED) is 0.177. The van der Waals surface area contributed by atoms with Crippen LogP contribution in [0, 0.1) is 0 Å². The van der Waals surface area contributed by atoms with E-state index in [4.69, 9.17) is 4.42 Å². The summed E-state index contributed by atoms with van der Waals surface area (Å²) in [5, 5.41) is 2.28. The second-order valence-electron chi connectivity index (χ2n) is 13.7. The number of hydrogen-bond donors (Lipinski definition) is 0. The zero-order valence-electron chi connectivity index (χ0n) is 27.8. The van der Waals surface area contributed by atoms with Gasteiger partial charge in [0, 0.05) is 27.8 Å². The Morgan fingerprint density at radius 2 is 1.02 bits per heavy atom. The highest BCUT2D eigenvalue weighted by Gasteiger charge is 2.42. The molecule has 0 saturated carbocycles. The number of para-hydroxylation sites is 1. The lowest BCUT2D eigenvalue weighted by Gasteiger charge is -2.37. The molecule has 0 bridgehead atoms. The third-order valence-electron chi connectivity index (χ3n) is 10.9. The third-order valence-corrected chi connectivity index (χ3v) is 10.9. The molecule has 0 spiro atoms. The molecule has 0 fully saturated rings. The Morgan fingerprint density at radius 3 is 1.86 bits per heavy atom. The average Bonchev–Trinajstić information content (AvgIpc) is 3.75. The van der Waals surface area contributed by atoms with Crippen molar-refractivity contribution in [2.45, 2.75) is 0 Å². The molecule has 9 aromatic rings. The van der Waals surface area contributed by atoms with Crippen LogP contribution in [0.2, 0.25) is 0 Å². The highest BCUT2D eigenvalue weighted by Crippen LogP contribution is 2.45. The fraction of sp³-hybridized carbons (Fsp3) is 0. The van der Waals surface area contributed by atoms with E-state index in [2.05, 4.69) is 175 Å². The molecule has 236 valence electrons. The SMILES string of the molecule is c1ccc(-c2cccc(N3c4cc(-c5ccccc5)ccc4B4c5ccccc5-c5cc(-c6ccc7oc8ccccc8c7c6)cc3c54)c2)cc1. The molecular weight excluding hydrogens is 617 g/mol. The zero-order valence-corrected chi connectivity index (χ0v) is 27.8. The van der Waals surface area contributed by atoms with Crippen LogP contribution in [0.25, 0.3) is 66.4 Å². The van der Waals surface area contributed by atoms with Gasteiger partial charge in [-0.15, -0.1) is 0 Å². The van der Waals surface area contributed by atoms with Crippen LogP contribution in [0.15, 0.2) is 186 Å². The van der Waals surface area contributed by atoms with Gasteiger partial charge in [-0.3, -0.25) is 0 Å². The molecule has 0 unspecified atom stereocenters. The molecule has 0 amide bonds. The number of anilines is 3. The number of fused-ring (bicyclic) bond motifs is 8. The first-order valence-corrected chi connectivity index (χ1v) is 17.6. The predicted octanol–water partition coefficient (Wildman–Crippen LogP) is 10.9. The molecule has 1 aromatic heterocycles. The van der Waals surface area contributed by atoms with Crippen LogP contribution in [0.3, 0.4) is 0 Å². The second-order valence-corrected chi connectivity index (χ2v) is 13.7. The fourth-order valence-electron chi connectivity index (χ4n) is 8.55. The number of hydrogen-bond acceptors (Lipinski definition) is 2. The Balaban J connectivity index is 1.20. The van der Waals surface area contributed by atoms with Crippen LogP contribution in [0.4, 0.5) is 17.1 Å². The Hall–Kier alpha value is -6.58. The third kappa shape index (κ3) is 4.31. The first-order valence-electron chi connectivity index (χ1n) is 17.6. The van der Waals surface area contributed by atoms with Gasteiger partial charge in [0.25, 0.3) is 0 Å². The van der Waals surface area contributed by atoms with Crippen LogP contribution < -0.4 is 21.3 Å². The minimum Gasteiger partial charge on any atom is -0.456 e. The molecule has 0 saturated heterocycles. The van der Waals surface area contributed by atoms with Gasteiger partial charge in [-0.25, -0.2) is 0 Å². The molecule has 51 heavy (non-hydrogen) atoms. The normalized spacial score (nSPS) is 12.6. The summed E-state index contributed by atoms with van der Waals surface area (Å²) in [6.07, 6.45) is 0. The molecule has 0 atom stereocenters. The van der Waals surface area contributed by atoms with E-state index in [9.17, 15) is 0 Å². The standard InChI is InChI=1S/C48H30BNO/c1-3-12-31(13-4-1)33-16-11-17-37(26-33)50-44-29-35(32-14-5-2-6-15-32)22-24-43(44)49-42-20-9-7-18-38(42)41-28-36(30-45(50)48(41)49)34-23-25-47-40(27-34)39-19-8-10-21-46(39)51-47/h1-30H. The zero-order chi connectivity index (χ0) is 33.5. The molecule has 2 aliphatic heterocycles. The van der Waals surface area contributed by atoms with E-state index in [-0.39, 0.29) is 6.71 Å². The molecule has 8 aromatic carbocycles. The van der Waals surface area contributed by atoms with Crippen molar-refractivity contribution in [2.75, 3.05) is 4.90 Å². The monoisotopic (exact) mass is 647 g/mol. The lowest BCUT2D eigenvalue weighted by atomic mass is 9.37. The summed E-state index contributed by atoms with van der Waals surface area (Å²) < 4.78 is 6.23. The van der Waals surface area contributed by atoms with Gasteiger partial charge in [-0.2, -0.15) is 0 Å². The minimum atomic E-state index is 0.147. The van der Waals surface area contributed by atoms with Gasteiger partial charge in [-0.1, -0.05) is 139 Å². The molecule has 2 aliphatic rings. The highest BCUT2D eigenvalue weighted by atomic mass is 16.3. The average molecular weight is 648 g/mol. The van der Waals surface area contributed by atoms with Crippen LogP contribution >= 0.6 is 0 Å². The predicted molar refractivity (Wildman–Crippen MR) is 215 cm³/mol. The van der Waals surface area contributed by atoms with E-state index < -0.39 is 0 Å². The maximum absolute atomic E-state index is 6.23. The fourth-order valence-corrected chi connectivity index (χ4v) is 8.55. The maximum Gasteiger partial charge on any atom is 0.248 e. The van der Waals surface area contributed by atoms with Crippen molar-refractivity contribution in [2.24, 2.45) is 0 Å². The Kier molecular flexibility index (Phi) is 6.08. The van der Waals surface area contributed by atoms with Gasteiger partial charge < -0.3 is 9.32 Å². The molecule has 0 N–H and O–H groups in total. The largest absolute Gasteiger partial charge is 0.456 e. The summed E-state index contributed by atoms with van der Waals surface area (Å²) in [5.41, 5.74) is 19.3. The maximum atomic E-state index is 6.23. The van der Waals surface area contributed by atoms with E-state index in [0.29, 0.717) is 0 Å². The van der Waals surface area contributed by atoms with Gasteiger partial charge in [0.2, 0.25) is 6.71 Å². The Labute approximate surface area is 297 Å². The van der Waals surface area contributed by atoms with Crippen molar-refractivity contribution in [3.05, 3.63) is 182 Å². The molecule has 0 radical (unpaired) electrons. The number of nitrogens with zero attached hydrogens (tertiary/aromatic N) is 1. The van der Waals surface area contributed by atoms with Crippen LogP contribution in [-0.2, 0) is 0 Å². The molecule has 2 nitrogen and oxygen atoms in total. The summed E-state index contributed by atoms with van der Waals surface area (Å²) in [4.78, 5) is 2.52. The van der Waals surface area contributed by atoms with Crippen LogP contribution in [-0.4, -0.2) is 6.71 Å². The van der Waals surface area contributed by atoms with E-state index in [1.54, 1.807) is 0 Å². The molecule has 11 rings (SSSR count). The van der Waals surface area contributed by atoms with Crippen molar-refractivity contribution < 1.29 is 4.42 Å². The van der Waals surface area contributed by atoms with Gasteiger partial charge in [0.15, 0.2) is 0 Å². The van der Waals surface area contributed by atoms with Gasteiger partial charge in [0.1, 0.15) is 11.2 Å². The molecule has 3 heterocycles. The van der Waals surface area contributed by atoms with Crippen molar-refractivity contribution in [1.29, 1.82) is 0 Å². The van der Waals surface area contributed by atoms with Crippen LogP contribution in [0.5, 0.6) is 0 Å². The van der Waals surface area contributed by atoms with E-state index in [1.807, 2.05) is 12.1 Å². The molecule has 0 aliphatic carbocycles. The van der Waals surface area contributed by atoms with Gasteiger partial charge in [-0.05, 0) is 104 Å². The molecule has 3 heteroatoms. The second kappa shape index (κ2) is 11.0. The van der Waals surface area contributed by atoms with Crippen molar-refractivity contribution in [3.63, 3.8) is 0 Å². The van der Waals surface area contributed by atoms with E-state index >= 15 is 0 Å². The summed E-state index contributed by atoms with van der Waals surface area (Å²) >= 11 is 0. The summed E-state index contributed by atoms with van der Waals surface area (Å²) in [5.74, 6) is 0. The lowest BCUT2D eigenvalue weighted by Crippen LogP contribution is -2.54. The minimum absolute atomic E-state index is 0.147. The number of rotatable bonds is 4. The topological polar surface area (TPSA) is 16.4 Å². The van der Waals surface area contributed by atoms with Crippen LogP contribution in [0.1, 0.15) is 0 Å². The highest BCUT2D eigenvalue weighted by molar-refractivity contribution is 7.01. The summed E-state index contributed by atoms with van der Waals surface area (Å²) in [6, 6.07) is 66.3. The number of benzene rings is 8. The van der Waals surface area contributed by atoms with Crippen molar-refractivity contribution in [1.82, 2.24) is 0 Å². The summed E-state index contributed by atoms with van der Waals surface area (Å²) in [7, 11) is 0.